The Morgan fingerprint density at radius 2 is 2.08 bits per heavy atom. The van der Waals surface area contributed by atoms with Crippen molar-refractivity contribution in [3.05, 3.63) is 45.5 Å². The lowest BCUT2D eigenvalue weighted by molar-refractivity contribution is 0.630. The Morgan fingerprint density at radius 3 is 2.85 bits per heavy atom. The van der Waals surface area contributed by atoms with Gasteiger partial charge in [0.15, 0.2) is 5.43 Å². The minimum absolute atomic E-state index is 0.0461. The number of hydrogen-bond donors (Lipinski definition) is 1. The molecule has 66 valence electrons. The van der Waals surface area contributed by atoms with Crippen molar-refractivity contribution in [2.45, 2.75) is 0 Å². The summed E-state index contributed by atoms with van der Waals surface area (Å²) < 4.78 is 12.9. The zero-order valence-electron chi connectivity index (χ0n) is 6.47. The Morgan fingerprint density at radius 1 is 1.31 bits per heavy atom. The standard InChI is InChI=1S/C9H5ClFNO/c10-8-6(11)2-1-5-7(13)3-4-12-9(5)8/h1-4H,(H,12,13). The maximum absolute atomic E-state index is 12.9. The van der Waals surface area contributed by atoms with E-state index in [2.05, 4.69) is 4.98 Å². The third-order valence-corrected chi connectivity index (χ3v) is 2.19. The molecular formula is C9H5ClFNO. The summed E-state index contributed by atoms with van der Waals surface area (Å²) in [5.74, 6) is -0.531. The molecule has 1 aromatic carbocycles. The van der Waals surface area contributed by atoms with Crippen molar-refractivity contribution in [3.63, 3.8) is 0 Å². The first-order chi connectivity index (χ1) is 6.20. The molecule has 13 heavy (non-hydrogen) atoms. The van der Waals surface area contributed by atoms with E-state index in [-0.39, 0.29) is 10.5 Å². The van der Waals surface area contributed by atoms with Crippen LogP contribution in [-0.2, 0) is 0 Å². The number of halogens is 2. The number of nitrogens with one attached hydrogen (secondary N) is 1. The van der Waals surface area contributed by atoms with Crippen LogP contribution in [0, 0.1) is 5.82 Å². The number of hydrogen-bond acceptors (Lipinski definition) is 1. The molecular weight excluding hydrogens is 193 g/mol. The van der Waals surface area contributed by atoms with Crippen molar-refractivity contribution >= 4 is 22.5 Å². The van der Waals surface area contributed by atoms with Crippen LogP contribution in [0.25, 0.3) is 10.9 Å². The highest BCUT2D eigenvalue weighted by Crippen LogP contribution is 2.21. The second-order valence-corrected chi connectivity index (χ2v) is 3.00. The number of rotatable bonds is 0. The molecule has 0 spiro atoms. The molecule has 2 aromatic rings. The van der Waals surface area contributed by atoms with Crippen LogP contribution in [0.2, 0.25) is 5.02 Å². The van der Waals surface area contributed by atoms with Crippen LogP contribution in [0.5, 0.6) is 0 Å². The van der Waals surface area contributed by atoms with Crippen LogP contribution in [0.4, 0.5) is 4.39 Å². The van der Waals surface area contributed by atoms with Gasteiger partial charge in [-0.15, -0.1) is 0 Å². The quantitative estimate of drug-likeness (QED) is 0.691. The van der Waals surface area contributed by atoms with Crippen LogP contribution in [0.1, 0.15) is 0 Å². The van der Waals surface area contributed by atoms with Crippen LogP contribution in [0.15, 0.2) is 29.2 Å². The van der Waals surface area contributed by atoms with Crippen molar-refractivity contribution < 1.29 is 4.39 Å². The van der Waals surface area contributed by atoms with E-state index in [4.69, 9.17) is 11.6 Å². The number of aromatic amines is 1. The Hall–Kier alpha value is -1.35. The molecule has 0 aliphatic rings. The molecule has 0 amide bonds. The molecule has 0 saturated carbocycles. The molecule has 0 aliphatic heterocycles. The SMILES string of the molecule is O=c1cc[nH]c2c(Cl)c(F)ccc12. The fourth-order valence-electron chi connectivity index (χ4n) is 1.19. The van der Waals surface area contributed by atoms with E-state index < -0.39 is 5.82 Å². The van der Waals surface area contributed by atoms with Gasteiger partial charge in [-0.3, -0.25) is 4.79 Å². The van der Waals surface area contributed by atoms with Crippen molar-refractivity contribution in [2.24, 2.45) is 0 Å². The molecule has 0 aliphatic carbocycles. The van der Waals surface area contributed by atoms with Gasteiger partial charge in [0.1, 0.15) is 10.8 Å². The summed E-state index contributed by atoms with van der Waals surface area (Å²) in [6.45, 7) is 0. The third kappa shape index (κ3) is 1.21. The normalized spacial score (nSPS) is 10.6. The lowest BCUT2D eigenvalue weighted by atomic mass is 10.2. The summed E-state index contributed by atoms with van der Waals surface area (Å²) in [7, 11) is 0. The smallest absolute Gasteiger partial charge is 0.189 e. The van der Waals surface area contributed by atoms with Gasteiger partial charge in [-0.05, 0) is 12.1 Å². The first kappa shape index (κ1) is 8.26. The molecule has 1 heterocycles. The highest BCUT2D eigenvalue weighted by molar-refractivity contribution is 6.35. The molecule has 0 unspecified atom stereocenters. The zero-order valence-corrected chi connectivity index (χ0v) is 7.23. The molecule has 0 atom stereocenters. The van der Waals surface area contributed by atoms with Crippen molar-refractivity contribution in [1.29, 1.82) is 0 Å². The zero-order chi connectivity index (χ0) is 9.42. The summed E-state index contributed by atoms with van der Waals surface area (Å²) in [6, 6.07) is 3.96. The molecule has 1 N–H and O–H groups in total. The molecule has 0 saturated heterocycles. The Kier molecular flexibility index (Phi) is 1.81. The lowest BCUT2D eigenvalue weighted by Crippen LogP contribution is -2.00. The van der Waals surface area contributed by atoms with Crippen molar-refractivity contribution in [1.82, 2.24) is 4.98 Å². The summed E-state index contributed by atoms with van der Waals surface area (Å²) in [5, 5.41) is 0.351. The van der Waals surface area contributed by atoms with Gasteiger partial charge < -0.3 is 4.98 Å². The van der Waals surface area contributed by atoms with Crippen molar-refractivity contribution in [3.8, 4) is 0 Å². The minimum atomic E-state index is -0.531. The Balaban J connectivity index is 3.03. The topological polar surface area (TPSA) is 32.9 Å². The molecule has 0 radical (unpaired) electrons. The van der Waals surface area contributed by atoms with Gasteiger partial charge in [0.2, 0.25) is 0 Å². The van der Waals surface area contributed by atoms with Gasteiger partial charge in [-0.1, -0.05) is 11.6 Å². The second-order valence-electron chi connectivity index (χ2n) is 2.63. The first-order valence-electron chi connectivity index (χ1n) is 3.65. The van der Waals surface area contributed by atoms with E-state index in [1.807, 2.05) is 0 Å². The average molecular weight is 198 g/mol. The summed E-state index contributed by atoms with van der Waals surface area (Å²) in [5.41, 5.74) is 0.171. The molecule has 1 aromatic heterocycles. The highest BCUT2D eigenvalue weighted by Gasteiger charge is 2.06. The monoisotopic (exact) mass is 197 g/mol. The lowest BCUT2D eigenvalue weighted by Gasteiger charge is -1.99. The van der Waals surface area contributed by atoms with E-state index in [9.17, 15) is 9.18 Å². The van der Waals surface area contributed by atoms with E-state index >= 15 is 0 Å². The summed E-state index contributed by atoms with van der Waals surface area (Å²) >= 11 is 5.65. The van der Waals surface area contributed by atoms with Gasteiger partial charge in [0.25, 0.3) is 0 Å². The fraction of sp³-hybridized carbons (Fsp3) is 0. The average Bonchev–Trinajstić information content (AvgIpc) is 2.12. The van der Waals surface area contributed by atoms with Gasteiger partial charge >= 0.3 is 0 Å². The highest BCUT2D eigenvalue weighted by atomic mass is 35.5. The van der Waals surface area contributed by atoms with Gasteiger partial charge in [0.05, 0.1) is 5.52 Å². The maximum Gasteiger partial charge on any atom is 0.189 e. The second kappa shape index (κ2) is 2.85. The number of benzene rings is 1. The number of H-pyrrole nitrogens is 1. The molecule has 0 bridgehead atoms. The predicted molar refractivity (Wildman–Crippen MR) is 49.5 cm³/mol. The fourth-order valence-corrected chi connectivity index (χ4v) is 1.41. The molecule has 4 heteroatoms. The maximum atomic E-state index is 12.9. The largest absolute Gasteiger partial charge is 0.360 e. The molecule has 2 rings (SSSR count). The number of fused-ring (bicyclic) bond motifs is 1. The predicted octanol–water partition coefficient (Wildman–Crippen LogP) is 2.32. The number of pyridine rings is 1. The van der Waals surface area contributed by atoms with Crippen molar-refractivity contribution in [2.75, 3.05) is 0 Å². The third-order valence-electron chi connectivity index (χ3n) is 1.82. The van der Waals surface area contributed by atoms with E-state index in [1.54, 1.807) is 0 Å². The van der Waals surface area contributed by atoms with Crippen LogP contribution >= 0.6 is 11.6 Å². The van der Waals surface area contributed by atoms with Crippen LogP contribution < -0.4 is 5.43 Å². The van der Waals surface area contributed by atoms with Crippen LogP contribution in [-0.4, -0.2) is 4.98 Å². The van der Waals surface area contributed by atoms with Gasteiger partial charge in [0, 0.05) is 17.6 Å². The van der Waals surface area contributed by atoms with Gasteiger partial charge in [-0.2, -0.15) is 0 Å². The van der Waals surface area contributed by atoms with Gasteiger partial charge in [-0.25, -0.2) is 4.39 Å². The Bertz CT molecular complexity index is 520. The summed E-state index contributed by atoms with van der Waals surface area (Å²) in [4.78, 5) is 14.0. The molecule has 0 fully saturated rings. The van der Waals surface area contributed by atoms with E-state index in [0.717, 1.165) is 0 Å². The van der Waals surface area contributed by atoms with Crippen LogP contribution in [0.3, 0.4) is 0 Å². The summed E-state index contributed by atoms with van der Waals surface area (Å²) in [6.07, 6.45) is 1.44. The molecule has 2 nitrogen and oxygen atoms in total. The first-order valence-corrected chi connectivity index (χ1v) is 4.03. The van der Waals surface area contributed by atoms with E-state index in [1.165, 1.54) is 24.4 Å². The minimum Gasteiger partial charge on any atom is -0.360 e. The van der Waals surface area contributed by atoms with E-state index in [0.29, 0.717) is 10.9 Å². The number of aromatic nitrogens is 1. The Labute approximate surface area is 78.0 Å².